The van der Waals surface area contributed by atoms with Crippen molar-refractivity contribution in [1.29, 1.82) is 5.26 Å². The first kappa shape index (κ1) is 10.0. The number of hydrogen-bond donors (Lipinski definition) is 2. The summed E-state index contributed by atoms with van der Waals surface area (Å²) in [7, 11) is 0. The van der Waals surface area contributed by atoms with Crippen LogP contribution in [0, 0.1) is 23.2 Å². The van der Waals surface area contributed by atoms with E-state index in [4.69, 9.17) is 10.4 Å². The van der Waals surface area contributed by atoms with Crippen LogP contribution in [0.15, 0.2) is 18.3 Å². The molecule has 70 valence electrons. The Morgan fingerprint density at radius 1 is 1.43 bits per heavy atom. The summed E-state index contributed by atoms with van der Waals surface area (Å²) in [5, 5.41) is 19.8. The molecule has 0 radical (unpaired) electrons. The topological polar surface area (TPSA) is 68.9 Å². The lowest BCUT2D eigenvalue weighted by molar-refractivity contribution is 0.350. The summed E-state index contributed by atoms with van der Waals surface area (Å²) in [4.78, 5) is 3.87. The van der Waals surface area contributed by atoms with Gasteiger partial charge in [0.25, 0.3) is 0 Å². The van der Waals surface area contributed by atoms with E-state index in [2.05, 4.69) is 22.1 Å². The quantitative estimate of drug-likeness (QED) is 0.656. The summed E-state index contributed by atoms with van der Waals surface area (Å²) in [5.41, 5.74) is 1.19. The highest BCUT2D eigenvalue weighted by Gasteiger charge is 1.91. The first-order valence-electron chi connectivity index (χ1n) is 4.03. The fraction of sp³-hybridized carbons (Fsp3) is 0.200. The van der Waals surface area contributed by atoms with Gasteiger partial charge in [-0.05, 0) is 12.1 Å². The Bertz CT molecular complexity index is 381. The van der Waals surface area contributed by atoms with Gasteiger partial charge >= 0.3 is 0 Å². The summed E-state index contributed by atoms with van der Waals surface area (Å²) in [6.45, 7) is 0.321. The lowest BCUT2D eigenvalue weighted by atomic mass is 10.3. The molecule has 2 N–H and O–H groups in total. The zero-order valence-electron chi connectivity index (χ0n) is 7.49. The molecule has 14 heavy (non-hydrogen) atoms. The number of aliphatic hydroxyl groups is 1. The fourth-order valence-electron chi connectivity index (χ4n) is 0.829. The zero-order valence-corrected chi connectivity index (χ0v) is 7.49. The highest BCUT2D eigenvalue weighted by atomic mass is 16.2. The lowest BCUT2D eigenvalue weighted by Gasteiger charge is -1.99. The van der Waals surface area contributed by atoms with E-state index in [9.17, 15) is 0 Å². The van der Waals surface area contributed by atoms with Crippen molar-refractivity contribution in [3.05, 3.63) is 24.0 Å². The van der Waals surface area contributed by atoms with Gasteiger partial charge in [0.15, 0.2) is 0 Å². The monoisotopic (exact) mass is 187 g/mol. The lowest BCUT2D eigenvalue weighted by Crippen LogP contribution is -1.99. The third-order valence-corrected chi connectivity index (χ3v) is 1.46. The second-order valence-corrected chi connectivity index (χ2v) is 2.41. The number of aromatic nitrogens is 1. The van der Waals surface area contributed by atoms with Gasteiger partial charge in [0.2, 0.25) is 0 Å². The van der Waals surface area contributed by atoms with Gasteiger partial charge in [0, 0.05) is 0 Å². The Balaban J connectivity index is 2.49. The average Bonchev–Trinajstić information content (AvgIpc) is 2.25. The molecule has 0 fully saturated rings. The SMILES string of the molecule is N#Cc1ccc(NCC#CCO)cn1. The Labute approximate surface area is 82.2 Å². The number of nitrogens with one attached hydrogen (secondary N) is 1. The molecule has 0 bridgehead atoms. The van der Waals surface area contributed by atoms with E-state index < -0.39 is 0 Å². The van der Waals surface area contributed by atoms with Crippen LogP contribution in [-0.4, -0.2) is 23.2 Å². The molecule has 0 aliphatic carbocycles. The Kier molecular flexibility index (Phi) is 4.00. The number of hydrogen-bond acceptors (Lipinski definition) is 4. The molecule has 0 spiro atoms. The minimum absolute atomic E-state index is 0.132. The summed E-state index contributed by atoms with van der Waals surface area (Å²) >= 11 is 0. The summed E-state index contributed by atoms with van der Waals surface area (Å²) in [5.74, 6) is 5.22. The van der Waals surface area contributed by atoms with Crippen LogP contribution in [0.5, 0.6) is 0 Å². The van der Waals surface area contributed by atoms with Gasteiger partial charge in [-0.1, -0.05) is 11.8 Å². The van der Waals surface area contributed by atoms with Gasteiger partial charge in [-0.15, -0.1) is 0 Å². The van der Waals surface area contributed by atoms with Crippen molar-refractivity contribution >= 4 is 5.69 Å². The third kappa shape index (κ3) is 3.14. The number of nitriles is 1. The number of anilines is 1. The van der Waals surface area contributed by atoms with Gasteiger partial charge in [-0.2, -0.15) is 5.26 Å². The predicted molar refractivity (Wildman–Crippen MR) is 52.3 cm³/mol. The highest BCUT2D eigenvalue weighted by Crippen LogP contribution is 2.04. The third-order valence-electron chi connectivity index (χ3n) is 1.46. The molecule has 1 aromatic rings. The van der Waals surface area contributed by atoms with Crippen LogP contribution in [0.25, 0.3) is 0 Å². The largest absolute Gasteiger partial charge is 0.384 e. The molecule has 0 unspecified atom stereocenters. The second-order valence-electron chi connectivity index (χ2n) is 2.41. The minimum Gasteiger partial charge on any atom is -0.384 e. The normalized spacial score (nSPS) is 8.29. The molecule has 0 saturated carbocycles. The molecule has 1 aromatic heterocycles. The van der Waals surface area contributed by atoms with Gasteiger partial charge in [0.05, 0.1) is 18.4 Å². The molecular weight excluding hydrogens is 178 g/mol. The molecule has 0 aromatic carbocycles. The molecule has 0 saturated heterocycles. The maximum atomic E-state index is 8.49. The number of aliphatic hydroxyl groups excluding tert-OH is 1. The van der Waals surface area contributed by atoms with Crippen LogP contribution in [-0.2, 0) is 0 Å². The van der Waals surface area contributed by atoms with Crippen molar-refractivity contribution in [2.24, 2.45) is 0 Å². The van der Waals surface area contributed by atoms with E-state index in [0.29, 0.717) is 12.2 Å². The van der Waals surface area contributed by atoms with Crippen LogP contribution in [0.2, 0.25) is 0 Å². The van der Waals surface area contributed by atoms with Crippen LogP contribution in [0.3, 0.4) is 0 Å². The predicted octanol–water partition coefficient (Wildman–Crippen LogP) is 0.361. The van der Waals surface area contributed by atoms with Crippen molar-refractivity contribution in [1.82, 2.24) is 4.98 Å². The smallest absolute Gasteiger partial charge is 0.140 e. The number of pyridine rings is 1. The maximum absolute atomic E-state index is 8.49. The van der Waals surface area contributed by atoms with Crippen LogP contribution >= 0.6 is 0 Å². The van der Waals surface area contributed by atoms with Gasteiger partial charge < -0.3 is 10.4 Å². The second kappa shape index (κ2) is 5.58. The molecular formula is C10H9N3O. The van der Waals surface area contributed by atoms with E-state index in [1.807, 2.05) is 6.07 Å². The van der Waals surface area contributed by atoms with E-state index in [1.54, 1.807) is 18.3 Å². The average molecular weight is 187 g/mol. The van der Waals surface area contributed by atoms with Crippen LogP contribution in [0.1, 0.15) is 5.69 Å². The molecule has 1 rings (SSSR count). The van der Waals surface area contributed by atoms with Gasteiger partial charge in [-0.25, -0.2) is 4.98 Å². The molecule has 0 amide bonds. The number of rotatable bonds is 2. The summed E-state index contributed by atoms with van der Waals surface area (Å²) in [6.07, 6.45) is 1.57. The van der Waals surface area contributed by atoms with Crippen LogP contribution in [0.4, 0.5) is 5.69 Å². The summed E-state index contributed by atoms with van der Waals surface area (Å²) < 4.78 is 0. The summed E-state index contributed by atoms with van der Waals surface area (Å²) in [6, 6.07) is 5.31. The molecule has 4 heteroatoms. The Hall–Kier alpha value is -2.04. The molecule has 0 aliphatic heterocycles. The Morgan fingerprint density at radius 2 is 2.29 bits per heavy atom. The zero-order chi connectivity index (χ0) is 10.2. The van der Waals surface area contributed by atoms with Crippen molar-refractivity contribution in [2.75, 3.05) is 18.5 Å². The van der Waals surface area contributed by atoms with E-state index in [-0.39, 0.29) is 6.61 Å². The van der Waals surface area contributed by atoms with Crippen LogP contribution < -0.4 is 5.32 Å². The van der Waals surface area contributed by atoms with Gasteiger partial charge in [-0.3, -0.25) is 0 Å². The highest BCUT2D eigenvalue weighted by molar-refractivity contribution is 5.43. The van der Waals surface area contributed by atoms with Crippen molar-refractivity contribution in [2.45, 2.75) is 0 Å². The first-order chi connectivity index (χ1) is 6.86. The number of nitrogens with zero attached hydrogens (tertiary/aromatic N) is 2. The minimum atomic E-state index is -0.132. The molecule has 0 aliphatic rings. The first-order valence-corrected chi connectivity index (χ1v) is 4.03. The van der Waals surface area contributed by atoms with Crippen molar-refractivity contribution in [3.8, 4) is 17.9 Å². The molecule has 1 heterocycles. The molecule has 4 nitrogen and oxygen atoms in total. The molecule has 0 atom stereocenters. The standard InChI is InChI=1S/C10H9N3O/c11-7-9-3-4-10(8-13-9)12-5-1-2-6-14/h3-4,8,12,14H,5-6H2. The maximum Gasteiger partial charge on any atom is 0.140 e. The van der Waals surface area contributed by atoms with Gasteiger partial charge in [0.1, 0.15) is 18.4 Å². The van der Waals surface area contributed by atoms with Crippen molar-refractivity contribution < 1.29 is 5.11 Å². The van der Waals surface area contributed by atoms with Crippen molar-refractivity contribution in [3.63, 3.8) is 0 Å². The van der Waals surface area contributed by atoms with E-state index >= 15 is 0 Å². The van der Waals surface area contributed by atoms with E-state index in [1.165, 1.54) is 0 Å². The van der Waals surface area contributed by atoms with E-state index in [0.717, 1.165) is 5.69 Å². The fourth-order valence-corrected chi connectivity index (χ4v) is 0.829. The Morgan fingerprint density at radius 3 is 2.86 bits per heavy atom.